The fourth-order valence-electron chi connectivity index (χ4n) is 2.85. The van der Waals surface area contributed by atoms with Crippen molar-refractivity contribution in [3.05, 3.63) is 29.7 Å². The summed E-state index contributed by atoms with van der Waals surface area (Å²) < 4.78 is 20.6. The van der Waals surface area contributed by atoms with Gasteiger partial charge in [0, 0.05) is 44.3 Å². The van der Waals surface area contributed by atoms with Gasteiger partial charge in [0.1, 0.15) is 11.6 Å². The molecule has 5 heteroatoms. The normalized spacial score (nSPS) is 15.6. The smallest absolute Gasteiger partial charge is 0.129 e. The molecule has 2 heterocycles. The topological polar surface area (TPSA) is 37.6 Å². The fourth-order valence-corrected chi connectivity index (χ4v) is 2.85. The second-order valence-corrected chi connectivity index (χ2v) is 7.02. The van der Waals surface area contributed by atoms with Gasteiger partial charge in [-0.1, -0.05) is 20.8 Å². The summed E-state index contributed by atoms with van der Waals surface area (Å²) >= 11 is 0. The number of benzene rings is 1. The molecule has 134 valence electrons. The lowest BCUT2D eigenvalue weighted by Crippen LogP contribution is -2.37. The Balaban J connectivity index is 0.000000471. The number of ether oxygens (including phenoxy) is 1. The standard InChI is InChI=1S/C15H19FN2O2.C4H10/c1-17-10-11(2-3-18-4-6-20-7-5-18)15-13(17)8-12(16)9-14(15)19;1-4(2)3/h8-10,19H,2-7H2,1H3;4H,1-3H3. The predicted molar refractivity (Wildman–Crippen MR) is 96.0 cm³/mol. The van der Waals surface area contributed by atoms with Crippen molar-refractivity contribution in [3.8, 4) is 5.75 Å². The molecule has 1 fully saturated rings. The van der Waals surface area contributed by atoms with Crippen LogP contribution >= 0.6 is 0 Å². The van der Waals surface area contributed by atoms with Crippen LogP contribution in [0.1, 0.15) is 26.3 Å². The summed E-state index contributed by atoms with van der Waals surface area (Å²) in [5.74, 6) is 0.452. The van der Waals surface area contributed by atoms with Gasteiger partial charge in [-0.25, -0.2) is 4.39 Å². The first kappa shape index (κ1) is 18.7. The average molecular weight is 336 g/mol. The van der Waals surface area contributed by atoms with Crippen LogP contribution in [-0.2, 0) is 18.2 Å². The maximum Gasteiger partial charge on any atom is 0.129 e. The molecule has 1 N–H and O–H groups in total. The van der Waals surface area contributed by atoms with Crippen molar-refractivity contribution >= 4 is 10.9 Å². The van der Waals surface area contributed by atoms with Gasteiger partial charge in [-0.3, -0.25) is 4.90 Å². The Morgan fingerprint density at radius 3 is 2.46 bits per heavy atom. The van der Waals surface area contributed by atoms with Crippen molar-refractivity contribution in [1.82, 2.24) is 9.47 Å². The van der Waals surface area contributed by atoms with E-state index in [0.29, 0.717) is 0 Å². The monoisotopic (exact) mass is 336 g/mol. The second-order valence-electron chi connectivity index (χ2n) is 7.02. The quantitative estimate of drug-likeness (QED) is 0.931. The number of rotatable bonds is 3. The lowest BCUT2D eigenvalue weighted by atomic mass is 10.1. The molecule has 3 rings (SSSR count). The zero-order chi connectivity index (χ0) is 17.7. The molecule has 0 amide bonds. The van der Waals surface area contributed by atoms with E-state index in [1.54, 1.807) is 0 Å². The van der Waals surface area contributed by atoms with Crippen LogP contribution in [-0.4, -0.2) is 47.4 Å². The number of aromatic nitrogens is 1. The van der Waals surface area contributed by atoms with Crippen molar-refractivity contribution in [3.63, 3.8) is 0 Å². The van der Waals surface area contributed by atoms with E-state index in [9.17, 15) is 9.50 Å². The minimum absolute atomic E-state index is 0.0255. The molecule has 0 unspecified atom stereocenters. The van der Waals surface area contributed by atoms with Gasteiger partial charge < -0.3 is 14.4 Å². The third-order valence-corrected chi connectivity index (χ3v) is 3.91. The number of fused-ring (bicyclic) bond motifs is 1. The Morgan fingerprint density at radius 1 is 1.21 bits per heavy atom. The summed E-state index contributed by atoms with van der Waals surface area (Å²) in [5, 5.41) is 10.8. The summed E-state index contributed by atoms with van der Waals surface area (Å²) in [7, 11) is 1.87. The Labute approximate surface area is 143 Å². The highest BCUT2D eigenvalue weighted by Gasteiger charge is 2.15. The van der Waals surface area contributed by atoms with Crippen LogP contribution in [0.25, 0.3) is 10.9 Å². The van der Waals surface area contributed by atoms with Crippen molar-refractivity contribution in [2.24, 2.45) is 13.0 Å². The Kier molecular flexibility index (Phi) is 6.63. The number of halogens is 1. The van der Waals surface area contributed by atoms with E-state index < -0.39 is 5.82 Å². The Morgan fingerprint density at radius 2 is 1.83 bits per heavy atom. The van der Waals surface area contributed by atoms with Crippen molar-refractivity contribution in [2.45, 2.75) is 27.2 Å². The van der Waals surface area contributed by atoms with Crippen molar-refractivity contribution in [1.29, 1.82) is 0 Å². The number of hydrogen-bond acceptors (Lipinski definition) is 3. The van der Waals surface area contributed by atoms with Gasteiger partial charge in [-0.05, 0) is 24.0 Å². The molecule has 0 saturated carbocycles. The molecule has 1 saturated heterocycles. The molecule has 0 spiro atoms. The molecular weight excluding hydrogens is 307 g/mol. The number of aromatic hydroxyl groups is 1. The number of hydrogen-bond donors (Lipinski definition) is 1. The lowest BCUT2D eigenvalue weighted by Gasteiger charge is -2.26. The third-order valence-electron chi connectivity index (χ3n) is 3.91. The van der Waals surface area contributed by atoms with Gasteiger partial charge in [-0.2, -0.15) is 0 Å². The molecule has 1 aromatic heterocycles. The molecule has 4 nitrogen and oxygen atoms in total. The van der Waals surface area contributed by atoms with Crippen LogP contribution < -0.4 is 0 Å². The number of phenolic OH excluding ortho intramolecular Hbond substituents is 1. The number of nitrogens with zero attached hydrogens (tertiary/aromatic N) is 2. The largest absolute Gasteiger partial charge is 0.507 e. The van der Waals surface area contributed by atoms with Crippen molar-refractivity contribution < 1.29 is 14.2 Å². The van der Waals surface area contributed by atoms with Gasteiger partial charge in [0.05, 0.1) is 18.7 Å². The number of aryl methyl sites for hydroxylation is 1. The van der Waals surface area contributed by atoms with E-state index in [1.165, 1.54) is 12.1 Å². The van der Waals surface area contributed by atoms with Crippen molar-refractivity contribution in [2.75, 3.05) is 32.8 Å². The zero-order valence-corrected chi connectivity index (χ0v) is 15.2. The van der Waals surface area contributed by atoms with Crippen LogP contribution in [0, 0.1) is 11.7 Å². The highest BCUT2D eigenvalue weighted by Crippen LogP contribution is 2.31. The van der Waals surface area contributed by atoms with E-state index >= 15 is 0 Å². The maximum absolute atomic E-state index is 13.4. The van der Waals surface area contributed by atoms with E-state index in [0.717, 1.165) is 61.7 Å². The molecule has 0 bridgehead atoms. The zero-order valence-electron chi connectivity index (χ0n) is 15.2. The molecule has 1 aliphatic rings. The Bertz CT molecular complexity index is 658. The van der Waals surface area contributed by atoms with Crippen LogP contribution in [0.5, 0.6) is 5.75 Å². The molecule has 1 aliphatic heterocycles. The maximum atomic E-state index is 13.4. The minimum Gasteiger partial charge on any atom is -0.507 e. The predicted octanol–water partition coefficient (Wildman–Crippen LogP) is 3.56. The molecule has 1 aromatic carbocycles. The minimum atomic E-state index is -0.407. The number of morpholine rings is 1. The van der Waals surface area contributed by atoms with Crippen LogP contribution in [0.15, 0.2) is 18.3 Å². The third kappa shape index (κ3) is 4.95. The van der Waals surface area contributed by atoms with E-state index in [4.69, 9.17) is 4.74 Å². The number of phenols is 1. The molecular formula is C19H29FN2O2. The molecule has 0 radical (unpaired) electrons. The first-order valence-corrected chi connectivity index (χ1v) is 8.65. The van der Waals surface area contributed by atoms with E-state index in [-0.39, 0.29) is 5.75 Å². The van der Waals surface area contributed by atoms with Crippen LogP contribution in [0.2, 0.25) is 0 Å². The molecule has 2 aromatic rings. The van der Waals surface area contributed by atoms with E-state index in [2.05, 4.69) is 25.7 Å². The van der Waals surface area contributed by atoms with Crippen LogP contribution in [0.3, 0.4) is 0 Å². The lowest BCUT2D eigenvalue weighted by molar-refractivity contribution is 0.0385. The first-order valence-electron chi connectivity index (χ1n) is 8.65. The Hall–Kier alpha value is -1.59. The van der Waals surface area contributed by atoms with Crippen LogP contribution in [0.4, 0.5) is 4.39 Å². The SMILES string of the molecule is CC(C)C.Cn1cc(CCN2CCOCC2)c2c(O)cc(F)cc21. The van der Waals surface area contributed by atoms with Gasteiger partial charge in [0.15, 0.2) is 0 Å². The van der Waals surface area contributed by atoms with Gasteiger partial charge >= 0.3 is 0 Å². The first-order chi connectivity index (χ1) is 11.4. The summed E-state index contributed by atoms with van der Waals surface area (Å²) in [6, 6.07) is 2.65. The molecule has 24 heavy (non-hydrogen) atoms. The molecule has 0 aliphatic carbocycles. The summed E-state index contributed by atoms with van der Waals surface area (Å²) in [5.41, 5.74) is 1.80. The second kappa shape index (κ2) is 8.49. The van der Waals surface area contributed by atoms with E-state index in [1.807, 2.05) is 17.8 Å². The van der Waals surface area contributed by atoms with Gasteiger partial charge in [0.2, 0.25) is 0 Å². The summed E-state index contributed by atoms with van der Waals surface area (Å²) in [6.07, 6.45) is 2.82. The van der Waals surface area contributed by atoms with Gasteiger partial charge in [-0.15, -0.1) is 0 Å². The average Bonchev–Trinajstić information content (AvgIpc) is 2.82. The van der Waals surface area contributed by atoms with Gasteiger partial charge in [0.25, 0.3) is 0 Å². The highest BCUT2D eigenvalue weighted by molar-refractivity contribution is 5.89. The summed E-state index contributed by atoms with van der Waals surface area (Å²) in [6.45, 7) is 10.9. The molecule has 0 atom stereocenters. The fraction of sp³-hybridized carbons (Fsp3) is 0.579. The highest BCUT2D eigenvalue weighted by atomic mass is 19.1. The summed E-state index contributed by atoms with van der Waals surface area (Å²) in [4.78, 5) is 2.35.